The monoisotopic (exact) mass is 273 g/mol. The van der Waals surface area contributed by atoms with E-state index in [1.54, 1.807) is 6.92 Å². The van der Waals surface area contributed by atoms with Crippen LogP contribution in [0.15, 0.2) is 12.1 Å². The summed E-state index contributed by atoms with van der Waals surface area (Å²) < 4.78 is 26.2. The van der Waals surface area contributed by atoms with Gasteiger partial charge >= 0.3 is 0 Å². The molecule has 0 bridgehead atoms. The van der Waals surface area contributed by atoms with Crippen molar-refractivity contribution in [3.8, 4) is 5.75 Å². The van der Waals surface area contributed by atoms with Crippen LogP contribution in [0.4, 0.5) is 8.78 Å². The number of nitrogens with one attached hydrogen (secondary N) is 1. The number of phenols is 1. The Bertz CT molecular complexity index is 410. The van der Waals surface area contributed by atoms with E-state index in [0.29, 0.717) is 24.4 Å². The molecule has 1 unspecified atom stereocenters. The van der Waals surface area contributed by atoms with Crippen molar-refractivity contribution in [3.05, 3.63) is 29.3 Å². The van der Waals surface area contributed by atoms with Crippen LogP contribution in [0.1, 0.15) is 32.8 Å². The first kappa shape index (κ1) is 15.9. The Morgan fingerprint density at radius 1 is 1.26 bits per heavy atom. The van der Waals surface area contributed by atoms with Gasteiger partial charge in [-0.1, -0.05) is 13.8 Å². The third-order valence-corrected chi connectivity index (χ3v) is 2.76. The molecule has 0 aliphatic rings. The molecular formula is C14H21F2NO2. The van der Waals surface area contributed by atoms with Crippen LogP contribution in [0.2, 0.25) is 0 Å². The molecule has 0 heterocycles. The van der Waals surface area contributed by atoms with E-state index in [9.17, 15) is 13.9 Å². The summed E-state index contributed by atoms with van der Waals surface area (Å²) in [6.45, 7) is 6.30. The number of benzene rings is 1. The molecule has 1 aromatic carbocycles. The van der Waals surface area contributed by atoms with Crippen LogP contribution in [0.5, 0.6) is 5.75 Å². The van der Waals surface area contributed by atoms with Gasteiger partial charge in [0.2, 0.25) is 0 Å². The zero-order valence-electron chi connectivity index (χ0n) is 11.5. The number of hydrogen-bond donors (Lipinski definition) is 3. The lowest BCUT2D eigenvalue weighted by molar-refractivity contribution is 0.0383. The molecule has 19 heavy (non-hydrogen) atoms. The minimum absolute atomic E-state index is 0.225. The Morgan fingerprint density at radius 3 is 2.26 bits per heavy atom. The molecule has 3 N–H and O–H groups in total. The van der Waals surface area contributed by atoms with Gasteiger partial charge in [0.15, 0.2) is 17.4 Å². The molecule has 0 fully saturated rings. The van der Waals surface area contributed by atoms with Gasteiger partial charge in [-0.15, -0.1) is 0 Å². The fraction of sp³-hybridized carbons (Fsp3) is 0.571. The predicted octanol–water partition coefficient (Wildman–Crippen LogP) is 2.56. The van der Waals surface area contributed by atoms with E-state index >= 15 is 0 Å². The second kappa shape index (κ2) is 6.30. The van der Waals surface area contributed by atoms with Crippen LogP contribution in [0.3, 0.4) is 0 Å². The van der Waals surface area contributed by atoms with Crippen molar-refractivity contribution in [2.75, 3.05) is 6.54 Å². The highest BCUT2D eigenvalue weighted by Gasteiger charge is 2.21. The summed E-state index contributed by atoms with van der Waals surface area (Å²) in [5.74, 6) is -2.56. The molecule has 0 saturated heterocycles. The van der Waals surface area contributed by atoms with Gasteiger partial charge in [-0.2, -0.15) is 0 Å². The third kappa shape index (κ3) is 5.12. The Balaban J connectivity index is 2.54. The molecule has 0 spiro atoms. The lowest BCUT2D eigenvalue weighted by atomic mass is 9.94. The summed E-state index contributed by atoms with van der Waals surface area (Å²) in [7, 11) is 0. The fourth-order valence-corrected chi connectivity index (χ4v) is 2.15. The molecular weight excluding hydrogens is 252 g/mol. The first-order valence-corrected chi connectivity index (χ1v) is 6.31. The number of halogens is 2. The van der Waals surface area contributed by atoms with Crippen molar-refractivity contribution in [2.45, 2.75) is 39.3 Å². The lowest BCUT2D eigenvalue weighted by Gasteiger charge is -2.25. The van der Waals surface area contributed by atoms with Crippen molar-refractivity contribution < 1.29 is 19.0 Å². The molecule has 0 aromatic heterocycles. The first-order chi connectivity index (χ1) is 8.71. The molecule has 0 saturated carbocycles. The largest absolute Gasteiger partial charge is 0.503 e. The van der Waals surface area contributed by atoms with Gasteiger partial charge < -0.3 is 15.5 Å². The van der Waals surface area contributed by atoms with Crippen molar-refractivity contribution in [1.82, 2.24) is 5.32 Å². The standard InChI is InChI=1S/C14H21F2NO2/c1-9(2)6-14(3,19)8-17-7-10-4-11(15)13(18)12(16)5-10/h4-5,9,17-19H,6-8H2,1-3H3. The van der Waals surface area contributed by atoms with E-state index < -0.39 is 23.0 Å². The summed E-state index contributed by atoms with van der Waals surface area (Å²) in [6, 6.07) is 2.14. The molecule has 1 rings (SSSR count). The highest BCUT2D eigenvalue weighted by atomic mass is 19.1. The van der Waals surface area contributed by atoms with Gasteiger partial charge in [-0.25, -0.2) is 8.78 Å². The van der Waals surface area contributed by atoms with Crippen LogP contribution in [0, 0.1) is 17.6 Å². The zero-order valence-corrected chi connectivity index (χ0v) is 11.5. The Hall–Kier alpha value is -1.20. The van der Waals surface area contributed by atoms with E-state index in [-0.39, 0.29) is 6.54 Å². The normalized spacial score (nSPS) is 14.7. The summed E-state index contributed by atoms with van der Waals surface area (Å²) in [5.41, 5.74) is -0.476. The summed E-state index contributed by atoms with van der Waals surface area (Å²) in [4.78, 5) is 0. The van der Waals surface area contributed by atoms with E-state index in [4.69, 9.17) is 5.11 Å². The first-order valence-electron chi connectivity index (χ1n) is 6.31. The maximum absolute atomic E-state index is 13.1. The van der Waals surface area contributed by atoms with Crippen LogP contribution < -0.4 is 5.32 Å². The maximum Gasteiger partial charge on any atom is 0.187 e. The summed E-state index contributed by atoms with van der Waals surface area (Å²) in [5, 5.41) is 22.0. The molecule has 0 aliphatic carbocycles. The van der Waals surface area contributed by atoms with E-state index in [0.717, 1.165) is 12.1 Å². The average Bonchev–Trinajstić information content (AvgIpc) is 2.23. The van der Waals surface area contributed by atoms with Gasteiger partial charge in [-0.3, -0.25) is 0 Å². The quantitative estimate of drug-likeness (QED) is 0.746. The molecule has 3 nitrogen and oxygen atoms in total. The number of hydrogen-bond acceptors (Lipinski definition) is 3. The second-order valence-electron chi connectivity index (χ2n) is 5.61. The van der Waals surface area contributed by atoms with Crippen molar-refractivity contribution in [3.63, 3.8) is 0 Å². The van der Waals surface area contributed by atoms with Gasteiger partial charge in [0.25, 0.3) is 0 Å². The van der Waals surface area contributed by atoms with Gasteiger partial charge in [0.1, 0.15) is 0 Å². The summed E-state index contributed by atoms with van der Waals surface area (Å²) in [6.07, 6.45) is 0.637. The molecule has 0 aliphatic heterocycles. The van der Waals surface area contributed by atoms with Crippen molar-refractivity contribution in [2.24, 2.45) is 5.92 Å². The topological polar surface area (TPSA) is 52.5 Å². The minimum atomic E-state index is -0.981. The van der Waals surface area contributed by atoms with Crippen LogP contribution in [0.25, 0.3) is 0 Å². The number of aromatic hydroxyl groups is 1. The highest BCUT2D eigenvalue weighted by molar-refractivity contribution is 5.29. The van der Waals surface area contributed by atoms with E-state index in [1.165, 1.54) is 0 Å². The Kier molecular flexibility index (Phi) is 5.26. The fourth-order valence-electron chi connectivity index (χ4n) is 2.15. The molecule has 108 valence electrons. The molecule has 5 heteroatoms. The van der Waals surface area contributed by atoms with Crippen LogP contribution in [-0.2, 0) is 6.54 Å². The van der Waals surface area contributed by atoms with Gasteiger partial charge in [-0.05, 0) is 37.0 Å². The average molecular weight is 273 g/mol. The molecule has 1 aromatic rings. The molecule has 0 radical (unpaired) electrons. The lowest BCUT2D eigenvalue weighted by Crippen LogP contribution is -2.38. The van der Waals surface area contributed by atoms with Crippen LogP contribution in [-0.4, -0.2) is 22.4 Å². The molecule has 0 amide bonds. The van der Waals surface area contributed by atoms with Crippen LogP contribution >= 0.6 is 0 Å². The smallest absolute Gasteiger partial charge is 0.187 e. The highest BCUT2D eigenvalue weighted by Crippen LogP contribution is 2.21. The zero-order chi connectivity index (χ0) is 14.6. The predicted molar refractivity (Wildman–Crippen MR) is 69.8 cm³/mol. The minimum Gasteiger partial charge on any atom is -0.503 e. The van der Waals surface area contributed by atoms with E-state index in [2.05, 4.69) is 5.32 Å². The number of aliphatic hydroxyl groups is 1. The number of rotatable bonds is 6. The maximum atomic E-state index is 13.1. The Morgan fingerprint density at radius 2 is 1.79 bits per heavy atom. The van der Waals surface area contributed by atoms with Gasteiger partial charge in [0.05, 0.1) is 5.60 Å². The van der Waals surface area contributed by atoms with E-state index in [1.807, 2.05) is 13.8 Å². The van der Waals surface area contributed by atoms with Crippen molar-refractivity contribution >= 4 is 0 Å². The number of phenolic OH excluding ortho intramolecular Hbond substituents is 1. The second-order valence-corrected chi connectivity index (χ2v) is 5.61. The Labute approximate surface area is 112 Å². The van der Waals surface area contributed by atoms with Gasteiger partial charge in [0, 0.05) is 13.1 Å². The third-order valence-electron chi connectivity index (χ3n) is 2.76. The summed E-state index contributed by atoms with van der Waals surface area (Å²) >= 11 is 0. The SMILES string of the molecule is CC(C)CC(C)(O)CNCc1cc(F)c(O)c(F)c1. The molecule has 1 atom stereocenters. The van der Waals surface area contributed by atoms with Crippen molar-refractivity contribution in [1.29, 1.82) is 0 Å².